The van der Waals surface area contributed by atoms with E-state index in [1.54, 1.807) is 0 Å². The summed E-state index contributed by atoms with van der Waals surface area (Å²) in [5.74, 6) is 2.32. The number of hydrogen-bond donors (Lipinski definition) is 0. The molecule has 0 amide bonds. The molecule has 0 N–H and O–H groups in total. The Morgan fingerprint density at radius 2 is 1.84 bits per heavy atom. The zero-order chi connectivity index (χ0) is 18.2. The van der Waals surface area contributed by atoms with E-state index in [0.29, 0.717) is 19.1 Å². The maximum atomic E-state index is 6.32. The van der Waals surface area contributed by atoms with Gasteiger partial charge < -0.3 is 9.47 Å². The Kier molecular flexibility index (Phi) is 7.92. The van der Waals surface area contributed by atoms with Crippen molar-refractivity contribution in [3.63, 3.8) is 0 Å². The van der Waals surface area contributed by atoms with E-state index in [1.807, 2.05) is 44.2 Å². The normalized spacial score (nSPS) is 12.0. The van der Waals surface area contributed by atoms with Crippen molar-refractivity contribution in [1.29, 1.82) is 0 Å². The highest BCUT2D eigenvalue weighted by molar-refractivity contribution is 6.31. The van der Waals surface area contributed by atoms with Crippen LogP contribution in [0, 0.1) is 12.8 Å². The molecule has 2 rings (SSSR count). The molecule has 0 spiro atoms. The number of rotatable bonds is 9. The lowest BCUT2D eigenvalue weighted by Gasteiger charge is -2.15. The van der Waals surface area contributed by atoms with E-state index in [4.69, 9.17) is 32.7 Å². The average Bonchev–Trinajstić information content (AvgIpc) is 2.56. The van der Waals surface area contributed by atoms with Gasteiger partial charge in [0.1, 0.15) is 11.5 Å². The maximum Gasteiger partial charge on any atom is 0.122 e. The summed E-state index contributed by atoms with van der Waals surface area (Å²) in [5.41, 5.74) is 2.22. The summed E-state index contributed by atoms with van der Waals surface area (Å²) in [5, 5.41) is 1.55. The van der Waals surface area contributed by atoms with Gasteiger partial charge in [0, 0.05) is 10.0 Å². The second-order valence-corrected chi connectivity index (χ2v) is 7.24. The average molecular weight is 381 g/mol. The fraction of sp³-hybridized carbons (Fsp3) is 0.429. The summed E-state index contributed by atoms with van der Waals surface area (Å²) < 4.78 is 11.4. The molecule has 0 fully saturated rings. The lowest BCUT2D eigenvalue weighted by atomic mass is 9.96. The van der Waals surface area contributed by atoms with Crippen LogP contribution in [0.5, 0.6) is 11.5 Å². The summed E-state index contributed by atoms with van der Waals surface area (Å²) in [6.45, 7) is 7.62. The molecule has 2 aromatic rings. The quantitative estimate of drug-likeness (QED) is 0.448. The highest BCUT2D eigenvalue weighted by Crippen LogP contribution is 2.26. The summed E-state index contributed by atoms with van der Waals surface area (Å²) >= 11 is 12.3. The summed E-state index contributed by atoms with van der Waals surface area (Å²) in [4.78, 5) is 0. The minimum atomic E-state index is 0.532. The number of halogens is 2. The fourth-order valence-corrected chi connectivity index (χ4v) is 3.25. The molecule has 2 aromatic carbocycles. The van der Waals surface area contributed by atoms with E-state index in [2.05, 4.69) is 13.0 Å². The lowest BCUT2D eigenvalue weighted by molar-refractivity contribution is 0.293. The Balaban J connectivity index is 1.79. The molecular weight excluding hydrogens is 355 g/mol. The van der Waals surface area contributed by atoms with Crippen LogP contribution in [0.4, 0.5) is 0 Å². The van der Waals surface area contributed by atoms with Crippen molar-refractivity contribution in [1.82, 2.24) is 0 Å². The molecule has 136 valence electrons. The monoisotopic (exact) mass is 380 g/mol. The van der Waals surface area contributed by atoms with Crippen molar-refractivity contribution in [2.24, 2.45) is 5.92 Å². The summed E-state index contributed by atoms with van der Waals surface area (Å²) in [6, 6.07) is 11.6. The first kappa shape index (κ1) is 19.9. The third-order valence-corrected chi connectivity index (χ3v) is 4.74. The van der Waals surface area contributed by atoms with Gasteiger partial charge in [-0.05, 0) is 86.6 Å². The first-order chi connectivity index (χ1) is 12.0. The molecule has 0 heterocycles. The summed E-state index contributed by atoms with van der Waals surface area (Å²) in [6.07, 6.45) is 3.04. The second kappa shape index (κ2) is 9.94. The second-order valence-electron chi connectivity index (χ2n) is 6.40. The lowest BCUT2D eigenvalue weighted by Crippen LogP contribution is -2.05. The van der Waals surface area contributed by atoms with E-state index >= 15 is 0 Å². The van der Waals surface area contributed by atoms with Crippen LogP contribution in [0.2, 0.25) is 10.0 Å². The van der Waals surface area contributed by atoms with Crippen LogP contribution in [0.25, 0.3) is 0 Å². The maximum absolute atomic E-state index is 6.32. The van der Waals surface area contributed by atoms with Crippen LogP contribution in [0.1, 0.15) is 37.8 Å². The molecule has 0 aliphatic heterocycles. The third kappa shape index (κ3) is 6.45. The molecule has 0 radical (unpaired) electrons. The van der Waals surface area contributed by atoms with Gasteiger partial charge in [0.15, 0.2) is 0 Å². The predicted octanol–water partition coefficient (Wildman–Crippen LogP) is 6.74. The van der Waals surface area contributed by atoms with E-state index in [0.717, 1.165) is 51.9 Å². The van der Waals surface area contributed by atoms with Crippen molar-refractivity contribution in [3.05, 3.63) is 57.6 Å². The van der Waals surface area contributed by atoms with Crippen molar-refractivity contribution >= 4 is 23.2 Å². The van der Waals surface area contributed by atoms with Crippen LogP contribution in [-0.4, -0.2) is 13.2 Å². The molecule has 0 saturated carbocycles. The molecule has 0 aliphatic rings. The Hall–Kier alpha value is -1.38. The molecule has 0 saturated heterocycles. The Morgan fingerprint density at radius 3 is 2.56 bits per heavy atom. The van der Waals surface area contributed by atoms with Crippen molar-refractivity contribution in [2.75, 3.05) is 13.2 Å². The highest BCUT2D eigenvalue weighted by Gasteiger charge is 2.09. The molecule has 1 atom stereocenters. The van der Waals surface area contributed by atoms with E-state index in [9.17, 15) is 0 Å². The number of ether oxygens (including phenoxy) is 2. The third-order valence-electron chi connectivity index (χ3n) is 4.13. The van der Waals surface area contributed by atoms with Gasteiger partial charge in [-0.15, -0.1) is 0 Å². The standard InChI is InChI=1S/C21H26Cl2O2/c1-4-24-19-8-9-20(23)17(14-19)12-15(2)6-5-11-25-21-10-7-18(22)13-16(21)3/h7-10,13-15H,4-6,11-12H2,1-3H3. The smallest absolute Gasteiger partial charge is 0.122 e. The van der Waals surface area contributed by atoms with Gasteiger partial charge in [-0.25, -0.2) is 0 Å². The first-order valence-corrected chi connectivity index (χ1v) is 9.55. The highest BCUT2D eigenvalue weighted by atomic mass is 35.5. The molecule has 0 bridgehead atoms. The Morgan fingerprint density at radius 1 is 1.04 bits per heavy atom. The van der Waals surface area contributed by atoms with Crippen molar-refractivity contribution in [2.45, 2.75) is 40.0 Å². The van der Waals surface area contributed by atoms with Gasteiger partial charge in [-0.1, -0.05) is 30.1 Å². The van der Waals surface area contributed by atoms with Gasteiger partial charge in [0.05, 0.1) is 13.2 Å². The number of benzene rings is 2. The minimum Gasteiger partial charge on any atom is -0.494 e. The van der Waals surface area contributed by atoms with Crippen LogP contribution in [0.15, 0.2) is 36.4 Å². The van der Waals surface area contributed by atoms with E-state index in [1.165, 1.54) is 0 Å². The molecular formula is C21H26Cl2O2. The fourth-order valence-electron chi connectivity index (χ4n) is 2.83. The van der Waals surface area contributed by atoms with E-state index < -0.39 is 0 Å². The van der Waals surface area contributed by atoms with Gasteiger partial charge in [-0.2, -0.15) is 0 Å². The minimum absolute atomic E-state index is 0.532. The van der Waals surface area contributed by atoms with Crippen LogP contribution < -0.4 is 9.47 Å². The zero-order valence-corrected chi connectivity index (χ0v) is 16.7. The Labute approximate surface area is 161 Å². The van der Waals surface area contributed by atoms with E-state index in [-0.39, 0.29) is 0 Å². The number of hydrogen-bond acceptors (Lipinski definition) is 2. The predicted molar refractivity (Wildman–Crippen MR) is 106 cm³/mol. The van der Waals surface area contributed by atoms with Gasteiger partial charge in [0.2, 0.25) is 0 Å². The molecule has 0 aliphatic carbocycles. The summed E-state index contributed by atoms with van der Waals surface area (Å²) in [7, 11) is 0. The topological polar surface area (TPSA) is 18.5 Å². The van der Waals surface area contributed by atoms with Crippen LogP contribution >= 0.6 is 23.2 Å². The molecule has 2 nitrogen and oxygen atoms in total. The van der Waals surface area contributed by atoms with Gasteiger partial charge in [0.25, 0.3) is 0 Å². The molecule has 4 heteroatoms. The zero-order valence-electron chi connectivity index (χ0n) is 15.1. The van der Waals surface area contributed by atoms with Crippen LogP contribution in [-0.2, 0) is 6.42 Å². The largest absolute Gasteiger partial charge is 0.494 e. The van der Waals surface area contributed by atoms with Gasteiger partial charge in [-0.3, -0.25) is 0 Å². The van der Waals surface area contributed by atoms with Crippen LogP contribution in [0.3, 0.4) is 0 Å². The number of aryl methyl sites for hydroxylation is 1. The molecule has 25 heavy (non-hydrogen) atoms. The Bertz CT molecular complexity index is 686. The van der Waals surface area contributed by atoms with Crippen molar-refractivity contribution < 1.29 is 9.47 Å². The first-order valence-electron chi connectivity index (χ1n) is 8.79. The van der Waals surface area contributed by atoms with Crippen molar-refractivity contribution in [3.8, 4) is 11.5 Å². The SMILES string of the molecule is CCOc1ccc(Cl)c(CC(C)CCCOc2ccc(Cl)cc2C)c1. The molecule has 0 aromatic heterocycles. The van der Waals surface area contributed by atoms with Gasteiger partial charge >= 0.3 is 0 Å². The molecule has 1 unspecified atom stereocenters.